The van der Waals surface area contributed by atoms with Crippen LogP contribution < -0.4 is 5.73 Å². The van der Waals surface area contributed by atoms with Gasteiger partial charge in [0.15, 0.2) is 11.6 Å². The monoisotopic (exact) mass is 189 g/mol. The third kappa shape index (κ3) is 1.26. The molecule has 3 nitrogen and oxygen atoms in total. The lowest BCUT2D eigenvalue weighted by atomic mass is 10.0. The summed E-state index contributed by atoms with van der Waals surface area (Å²) in [7, 11) is 0. The fourth-order valence-corrected chi connectivity index (χ4v) is 1.86. The van der Waals surface area contributed by atoms with Crippen molar-refractivity contribution < 1.29 is 9.59 Å². The predicted molar refractivity (Wildman–Crippen MR) is 52.5 cm³/mol. The maximum Gasteiger partial charge on any atom is 0.171 e. The highest BCUT2D eigenvalue weighted by molar-refractivity contribution is 6.24. The summed E-state index contributed by atoms with van der Waals surface area (Å²) in [6.07, 6.45) is 0.680. The Kier molecular flexibility index (Phi) is 2.17. The number of Topliss-reactive ketones (excluding diaryl/α,β-unsaturated/α-hetero) is 2. The molecule has 0 spiro atoms. The highest BCUT2D eigenvalue weighted by Crippen LogP contribution is 2.25. The van der Waals surface area contributed by atoms with E-state index in [9.17, 15) is 9.59 Å². The van der Waals surface area contributed by atoms with Crippen molar-refractivity contribution >= 4 is 11.6 Å². The van der Waals surface area contributed by atoms with E-state index >= 15 is 0 Å². The van der Waals surface area contributed by atoms with Crippen LogP contribution in [0.2, 0.25) is 0 Å². The number of rotatable bonds is 2. The molecule has 2 N–H and O–H groups in total. The van der Waals surface area contributed by atoms with E-state index in [2.05, 4.69) is 0 Å². The lowest BCUT2D eigenvalue weighted by molar-refractivity contribution is 0.0923. The maximum atomic E-state index is 11.5. The number of carbonyl (C=O) groups excluding carboxylic acids is 2. The Morgan fingerprint density at radius 1 is 1.21 bits per heavy atom. The van der Waals surface area contributed by atoms with Crippen LogP contribution in [0.15, 0.2) is 18.2 Å². The van der Waals surface area contributed by atoms with Crippen molar-refractivity contribution in [2.45, 2.75) is 12.8 Å². The average molecular weight is 189 g/mol. The van der Waals surface area contributed by atoms with E-state index in [0.29, 0.717) is 24.1 Å². The van der Waals surface area contributed by atoms with Crippen molar-refractivity contribution in [1.82, 2.24) is 0 Å². The number of hydrogen-bond acceptors (Lipinski definition) is 3. The number of benzene rings is 1. The third-order valence-electron chi connectivity index (χ3n) is 2.46. The first-order valence-electron chi connectivity index (χ1n) is 4.62. The highest BCUT2D eigenvalue weighted by atomic mass is 16.2. The number of ketones is 2. The molecule has 0 fully saturated rings. The Morgan fingerprint density at radius 3 is 2.71 bits per heavy atom. The van der Waals surface area contributed by atoms with E-state index in [4.69, 9.17) is 5.73 Å². The zero-order valence-corrected chi connectivity index (χ0v) is 7.75. The summed E-state index contributed by atoms with van der Waals surface area (Å²) in [5.74, 6) is -0.127. The lowest BCUT2D eigenvalue weighted by Gasteiger charge is -2.04. The van der Waals surface area contributed by atoms with E-state index in [1.807, 2.05) is 6.07 Å². The van der Waals surface area contributed by atoms with Gasteiger partial charge in [0.25, 0.3) is 0 Å². The molecule has 1 aliphatic carbocycles. The molecule has 0 aliphatic heterocycles. The van der Waals surface area contributed by atoms with Crippen molar-refractivity contribution in [2.75, 3.05) is 6.54 Å². The summed E-state index contributed by atoms with van der Waals surface area (Å²) < 4.78 is 0. The molecule has 0 unspecified atom stereocenters. The van der Waals surface area contributed by atoms with Crippen molar-refractivity contribution in [3.63, 3.8) is 0 Å². The van der Waals surface area contributed by atoms with Crippen LogP contribution in [0.5, 0.6) is 0 Å². The molecule has 3 heteroatoms. The van der Waals surface area contributed by atoms with E-state index in [0.717, 1.165) is 5.56 Å². The fourth-order valence-electron chi connectivity index (χ4n) is 1.86. The van der Waals surface area contributed by atoms with Gasteiger partial charge in [0, 0.05) is 11.1 Å². The molecule has 1 aromatic rings. The van der Waals surface area contributed by atoms with Crippen molar-refractivity contribution in [2.24, 2.45) is 5.73 Å². The standard InChI is InChI=1S/C11H11NO2/c12-5-4-7-2-1-3-8-9(13)6-10(14)11(7)8/h1-3H,4-6,12H2. The molecule has 0 bridgehead atoms. The van der Waals surface area contributed by atoms with Gasteiger partial charge in [-0.1, -0.05) is 18.2 Å². The molecule has 0 atom stereocenters. The molecule has 0 heterocycles. The summed E-state index contributed by atoms with van der Waals surface area (Å²) >= 11 is 0. The molecule has 1 aliphatic rings. The summed E-state index contributed by atoms with van der Waals surface area (Å²) in [6, 6.07) is 5.38. The maximum absolute atomic E-state index is 11.5. The molecule has 0 amide bonds. The minimum absolute atomic E-state index is 0.0247. The third-order valence-corrected chi connectivity index (χ3v) is 2.46. The first-order chi connectivity index (χ1) is 6.74. The molecule has 14 heavy (non-hydrogen) atoms. The van der Waals surface area contributed by atoms with Crippen LogP contribution in [-0.2, 0) is 6.42 Å². The van der Waals surface area contributed by atoms with Crippen LogP contribution in [-0.4, -0.2) is 18.1 Å². The Balaban J connectivity index is 2.56. The predicted octanol–water partition coefficient (Wildman–Crippen LogP) is 0.957. The topological polar surface area (TPSA) is 60.2 Å². The van der Waals surface area contributed by atoms with Crippen molar-refractivity contribution in [3.05, 3.63) is 34.9 Å². The summed E-state index contributed by atoms with van der Waals surface area (Å²) in [4.78, 5) is 22.9. The number of fused-ring (bicyclic) bond motifs is 1. The Labute approximate surface area is 81.9 Å². The number of hydrogen-bond donors (Lipinski definition) is 1. The van der Waals surface area contributed by atoms with Crippen LogP contribution in [0.3, 0.4) is 0 Å². The second-order valence-corrected chi connectivity index (χ2v) is 3.40. The minimum Gasteiger partial charge on any atom is -0.330 e. The molecule has 1 aromatic carbocycles. The molecule has 0 radical (unpaired) electrons. The lowest BCUT2D eigenvalue weighted by Crippen LogP contribution is -2.07. The van der Waals surface area contributed by atoms with Crippen LogP contribution >= 0.6 is 0 Å². The molecule has 0 saturated carbocycles. The Hall–Kier alpha value is -1.48. The number of nitrogens with two attached hydrogens (primary N) is 1. The summed E-state index contributed by atoms with van der Waals surface area (Å²) in [5, 5.41) is 0. The van der Waals surface area contributed by atoms with Gasteiger partial charge in [-0.05, 0) is 18.5 Å². The zero-order valence-electron chi connectivity index (χ0n) is 7.75. The van der Waals surface area contributed by atoms with Crippen LogP contribution in [0, 0.1) is 0 Å². The van der Waals surface area contributed by atoms with Gasteiger partial charge < -0.3 is 5.73 Å². The quantitative estimate of drug-likeness (QED) is 0.705. The zero-order chi connectivity index (χ0) is 10.1. The smallest absolute Gasteiger partial charge is 0.171 e. The van der Waals surface area contributed by atoms with Gasteiger partial charge in [-0.15, -0.1) is 0 Å². The SMILES string of the molecule is NCCc1cccc2c1C(=O)CC2=O. The van der Waals surface area contributed by atoms with Crippen molar-refractivity contribution in [3.8, 4) is 0 Å². The molecular formula is C11H11NO2. The molecular weight excluding hydrogens is 178 g/mol. The van der Waals surface area contributed by atoms with Gasteiger partial charge in [-0.2, -0.15) is 0 Å². The van der Waals surface area contributed by atoms with Gasteiger partial charge in [-0.25, -0.2) is 0 Å². The van der Waals surface area contributed by atoms with E-state index in [1.54, 1.807) is 12.1 Å². The molecule has 0 aromatic heterocycles. The Morgan fingerprint density at radius 2 is 2.00 bits per heavy atom. The van der Waals surface area contributed by atoms with Crippen LogP contribution in [0.1, 0.15) is 32.7 Å². The molecule has 0 saturated heterocycles. The first kappa shape index (κ1) is 9.09. The Bertz CT molecular complexity index is 410. The van der Waals surface area contributed by atoms with Gasteiger partial charge in [0.2, 0.25) is 0 Å². The van der Waals surface area contributed by atoms with Gasteiger partial charge >= 0.3 is 0 Å². The van der Waals surface area contributed by atoms with Gasteiger partial charge in [0.05, 0.1) is 6.42 Å². The second-order valence-electron chi connectivity index (χ2n) is 3.40. The van der Waals surface area contributed by atoms with Crippen molar-refractivity contribution in [1.29, 1.82) is 0 Å². The largest absolute Gasteiger partial charge is 0.330 e. The summed E-state index contributed by atoms with van der Waals surface area (Å²) in [6.45, 7) is 0.498. The van der Waals surface area contributed by atoms with Crippen LogP contribution in [0.25, 0.3) is 0 Å². The minimum atomic E-state index is -0.0659. The van der Waals surface area contributed by atoms with Gasteiger partial charge in [0.1, 0.15) is 0 Å². The first-order valence-corrected chi connectivity index (χ1v) is 4.62. The van der Waals surface area contributed by atoms with E-state index < -0.39 is 0 Å². The molecule has 72 valence electrons. The van der Waals surface area contributed by atoms with E-state index in [-0.39, 0.29) is 18.0 Å². The molecule has 2 rings (SSSR count). The second kappa shape index (κ2) is 3.35. The van der Waals surface area contributed by atoms with E-state index in [1.165, 1.54) is 0 Å². The highest BCUT2D eigenvalue weighted by Gasteiger charge is 2.28. The summed E-state index contributed by atoms with van der Waals surface area (Å²) in [5.41, 5.74) is 7.51. The number of carbonyl (C=O) groups is 2. The fraction of sp³-hybridized carbons (Fsp3) is 0.273. The van der Waals surface area contributed by atoms with Gasteiger partial charge in [-0.3, -0.25) is 9.59 Å². The normalized spacial score (nSPS) is 14.6. The van der Waals surface area contributed by atoms with Crippen LogP contribution in [0.4, 0.5) is 0 Å². The average Bonchev–Trinajstić information content (AvgIpc) is 2.44.